The number of carbonyl (C=O) groups is 1. The number of hydrogen-bond donors (Lipinski definition) is 1. The van der Waals surface area contributed by atoms with Gasteiger partial charge in [0.1, 0.15) is 5.75 Å². The third-order valence-electron chi connectivity index (χ3n) is 2.76. The molecule has 2 rings (SSSR count). The van der Waals surface area contributed by atoms with E-state index in [1.165, 1.54) is 0 Å². The molecule has 0 saturated carbocycles. The summed E-state index contributed by atoms with van der Waals surface area (Å²) in [5.41, 5.74) is 0.821. The van der Waals surface area contributed by atoms with Gasteiger partial charge in [0, 0.05) is 0 Å². The Morgan fingerprint density at radius 1 is 1.28 bits per heavy atom. The number of aliphatic carboxylic acids is 1. The standard InChI is InChI=1S/C15H16O3/c1-2-8-18-13-7-6-11-4-3-5-12(9-15(16)17)14(11)10-13/h3-7,10H,2,8-9H2,1H3,(H,16,17). The van der Waals surface area contributed by atoms with Gasteiger partial charge in [0.25, 0.3) is 0 Å². The van der Waals surface area contributed by atoms with Crippen LogP contribution in [0.25, 0.3) is 10.8 Å². The summed E-state index contributed by atoms with van der Waals surface area (Å²) in [5, 5.41) is 10.9. The first-order valence-electron chi connectivity index (χ1n) is 6.07. The fraction of sp³-hybridized carbons (Fsp3) is 0.267. The van der Waals surface area contributed by atoms with E-state index in [1.54, 1.807) is 0 Å². The maximum Gasteiger partial charge on any atom is 0.307 e. The SMILES string of the molecule is CCCOc1ccc2cccc(CC(=O)O)c2c1. The number of ether oxygens (including phenoxy) is 1. The number of carboxylic acid groups (broad SMARTS) is 1. The molecule has 0 bridgehead atoms. The molecule has 0 aliphatic rings. The van der Waals surface area contributed by atoms with E-state index in [0.29, 0.717) is 6.61 Å². The van der Waals surface area contributed by atoms with Gasteiger partial charge in [-0.1, -0.05) is 31.2 Å². The molecule has 0 spiro atoms. The topological polar surface area (TPSA) is 46.5 Å². The predicted molar refractivity (Wildman–Crippen MR) is 71.1 cm³/mol. The summed E-state index contributed by atoms with van der Waals surface area (Å²) in [6, 6.07) is 11.5. The number of hydrogen-bond acceptors (Lipinski definition) is 2. The van der Waals surface area contributed by atoms with Crippen molar-refractivity contribution in [2.45, 2.75) is 19.8 Å². The van der Waals surface area contributed by atoms with E-state index in [4.69, 9.17) is 9.84 Å². The molecule has 2 aromatic rings. The van der Waals surface area contributed by atoms with E-state index < -0.39 is 5.97 Å². The van der Waals surface area contributed by atoms with Crippen molar-refractivity contribution < 1.29 is 14.6 Å². The van der Waals surface area contributed by atoms with Gasteiger partial charge in [0.2, 0.25) is 0 Å². The van der Waals surface area contributed by atoms with Crippen LogP contribution in [0.4, 0.5) is 0 Å². The molecule has 0 atom stereocenters. The molecule has 0 aromatic heterocycles. The molecule has 18 heavy (non-hydrogen) atoms. The van der Waals surface area contributed by atoms with Crippen molar-refractivity contribution in [2.75, 3.05) is 6.61 Å². The van der Waals surface area contributed by atoms with Gasteiger partial charge in [-0.25, -0.2) is 0 Å². The van der Waals surface area contributed by atoms with Crippen molar-refractivity contribution >= 4 is 16.7 Å². The van der Waals surface area contributed by atoms with Crippen molar-refractivity contribution in [3.63, 3.8) is 0 Å². The summed E-state index contributed by atoms with van der Waals surface area (Å²) >= 11 is 0. The lowest BCUT2D eigenvalue weighted by Gasteiger charge is -2.08. The molecule has 0 aliphatic heterocycles. The van der Waals surface area contributed by atoms with Crippen LogP contribution in [0, 0.1) is 0 Å². The number of rotatable bonds is 5. The lowest BCUT2D eigenvalue weighted by atomic mass is 10.0. The zero-order chi connectivity index (χ0) is 13.0. The van der Waals surface area contributed by atoms with E-state index >= 15 is 0 Å². The quantitative estimate of drug-likeness (QED) is 0.878. The molecule has 94 valence electrons. The van der Waals surface area contributed by atoms with Crippen molar-refractivity contribution in [3.05, 3.63) is 42.0 Å². The maximum absolute atomic E-state index is 10.8. The molecule has 0 unspecified atom stereocenters. The Kier molecular flexibility index (Phi) is 3.82. The van der Waals surface area contributed by atoms with Crippen molar-refractivity contribution in [1.29, 1.82) is 0 Å². The van der Waals surface area contributed by atoms with Gasteiger partial charge in [0.15, 0.2) is 0 Å². The average molecular weight is 244 g/mol. The predicted octanol–water partition coefficient (Wildman–Crippen LogP) is 3.26. The zero-order valence-corrected chi connectivity index (χ0v) is 10.3. The Morgan fingerprint density at radius 2 is 2.11 bits per heavy atom. The van der Waals surface area contributed by atoms with Gasteiger partial charge in [-0.3, -0.25) is 4.79 Å². The monoisotopic (exact) mass is 244 g/mol. The van der Waals surface area contributed by atoms with Gasteiger partial charge in [-0.05, 0) is 34.9 Å². The van der Waals surface area contributed by atoms with Crippen LogP contribution in [0.5, 0.6) is 5.75 Å². The van der Waals surface area contributed by atoms with E-state index in [1.807, 2.05) is 36.4 Å². The minimum Gasteiger partial charge on any atom is -0.494 e. The highest BCUT2D eigenvalue weighted by atomic mass is 16.5. The molecule has 0 amide bonds. The van der Waals surface area contributed by atoms with Gasteiger partial charge in [-0.15, -0.1) is 0 Å². The van der Waals surface area contributed by atoms with Gasteiger partial charge >= 0.3 is 5.97 Å². The lowest BCUT2D eigenvalue weighted by molar-refractivity contribution is -0.136. The average Bonchev–Trinajstić information content (AvgIpc) is 2.36. The van der Waals surface area contributed by atoms with Crippen molar-refractivity contribution in [1.82, 2.24) is 0 Å². The van der Waals surface area contributed by atoms with Crippen LogP contribution in [0.2, 0.25) is 0 Å². The van der Waals surface area contributed by atoms with Crippen LogP contribution >= 0.6 is 0 Å². The number of benzene rings is 2. The van der Waals surface area contributed by atoms with E-state index in [0.717, 1.165) is 28.5 Å². The van der Waals surface area contributed by atoms with Gasteiger partial charge in [0.05, 0.1) is 13.0 Å². The second kappa shape index (κ2) is 5.54. The Labute approximate surface area is 106 Å². The first kappa shape index (κ1) is 12.4. The molecular formula is C15H16O3. The molecule has 2 aromatic carbocycles. The third kappa shape index (κ3) is 2.80. The highest BCUT2D eigenvalue weighted by Crippen LogP contribution is 2.24. The van der Waals surface area contributed by atoms with Crippen LogP contribution in [-0.2, 0) is 11.2 Å². The summed E-state index contributed by atoms with van der Waals surface area (Å²) in [6.07, 6.45) is 0.989. The van der Waals surface area contributed by atoms with Gasteiger partial charge in [-0.2, -0.15) is 0 Å². The highest BCUT2D eigenvalue weighted by Gasteiger charge is 2.06. The van der Waals surface area contributed by atoms with Crippen LogP contribution in [0.3, 0.4) is 0 Å². The molecular weight excluding hydrogens is 228 g/mol. The van der Waals surface area contributed by atoms with Crippen LogP contribution in [0.15, 0.2) is 36.4 Å². The largest absolute Gasteiger partial charge is 0.494 e. The van der Waals surface area contributed by atoms with Gasteiger partial charge < -0.3 is 9.84 Å². The molecule has 0 saturated heterocycles. The second-order valence-corrected chi connectivity index (χ2v) is 4.22. The number of carboxylic acids is 1. The summed E-state index contributed by atoms with van der Waals surface area (Å²) in [5.74, 6) is -0.0235. The molecule has 0 radical (unpaired) electrons. The maximum atomic E-state index is 10.8. The van der Waals surface area contributed by atoms with E-state index in [9.17, 15) is 4.79 Å². The smallest absolute Gasteiger partial charge is 0.307 e. The summed E-state index contributed by atoms with van der Waals surface area (Å²) in [4.78, 5) is 10.8. The summed E-state index contributed by atoms with van der Waals surface area (Å²) in [6.45, 7) is 2.73. The molecule has 0 aliphatic carbocycles. The Balaban J connectivity index is 2.41. The molecule has 0 fully saturated rings. The molecule has 1 N–H and O–H groups in total. The highest BCUT2D eigenvalue weighted by molar-refractivity contribution is 5.89. The zero-order valence-electron chi connectivity index (χ0n) is 10.3. The van der Waals surface area contributed by atoms with Crippen molar-refractivity contribution in [2.24, 2.45) is 0 Å². The normalized spacial score (nSPS) is 10.5. The fourth-order valence-electron chi connectivity index (χ4n) is 1.94. The molecule has 3 nitrogen and oxygen atoms in total. The lowest BCUT2D eigenvalue weighted by Crippen LogP contribution is -2.01. The van der Waals surface area contributed by atoms with Crippen LogP contribution in [0.1, 0.15) is 18.9 Å². The minimum atomic E-state index is -0.817. The molecule has 3 heteroatoms. The van der Waals surface area contributed by atoms with Crippen LogP contribution < -0.4 is 4.74 Å². The first-order valence-corrected chi connectivity index (χ1v) is 6.07. The van der Waals surface area contributed by atoms with E-state index in [2.05, 4.69) is 6.92 Å². The second-order valence-electron chi connectivity index (χ2n) is 4.22. The summed E-state index contributed by atoms with van der Waals surface area (Å²) < 4.78 is 5.58. The third-order valence-corrected chi connectivity index (χ3v) is 2.76. The first-order chi connectivity index (χ1) is 8.70. The Morgan fingerprint density at radius 3 is 2.83 bits per heavy atom. The fourth-order valence-corrected chi connectivity index (χ4v) is 1.94. The van der Waals surface area contributed by atoms with Crippen LogP contribution in [-0.4, -0.2) is 17.7 Å². The Hall–Kier alpha value is -2.03. The molecule has 0 heterocycles. The summed E-state index contributed by atoms with van der Waals surface area (Å²) in [7, 11) is 0. The Bertz CT molecular complexity index is 561. The van der Waals surface area contributed by atoms with Crippen molar-refractivity contribution in [3.8, 4) is 5.75 Å². The number of fused-ring (bicyclic) bond motifs is 1. The minimum absolute atomic E-state index is 0.0363. The van der Waals surface area contributed by atoms with E-state index in [-0.39, 0.29) is 6.42 Å².